The molecule has 2 aromatic rings. The number of carbonyl (C=O) groups excluding carboxylic acids is 2. The Morgan fingerprint density at radius 1 is 1.07 bits per heavy atom. The first-order chi connectivity index (χ1) is 13.1. The minimum Gasteiger partial charge on any atom is -0.379 e. The molecular formula is C19H21FN4O3. The summed E-state index contributed by atoms with van der Waals surface area (Å²) in [5.41, 5.74) is 0.561. The van der Waals surface area contributed by atoms with Gasteiger partial charge in [0.25, 0.3) is 11.8 Å². The predicted octanol–water partition coefficient (Wildman–Crippen LogP) is 1.54. The smallest absolute Gasteiger partial charge is 0.274 e. The van der Waals surface area contributed by atoms with Gasteiger partial charge in [-0.25, -0.2) is 9.37 Å². The fraction of sp³-hybridized carbons (Fsp3) is 0.316. The highest BCUT2D eigenvalue weighted by Crippen LogP contribution is 2.11. The lowest BCUT2D eigenvalue weighted by Crippen LogP contribution is -2.41. The van der Waals surface area contributed by atoms with Crippen molar-refractivity contribution in [2.24, 2.45) is 0 Å². The average Bonchev–Trinajstić information content (AvgIpc) is 2.69. The van der Waals surface area contributed by atoms with Crippen LogP contribution in [0, 0.1) is 5.82 Å². The van der Waals surface area contributed by atoms with Gasteiger partial charge in [0.05, 0.1) is 13.2 Å². The van der Waals surface area contributed by atoms with Crippen LogP contribution in [0.3, 0.4) is 0 Å². The first-order valence-corrected chi connectivity index (χ1v) is 8.74. The highest BCUT2D eigenvalue weighted by atomic mass is 19.1. The summed E-state index contributed by atoms with van der Waals surface area (Å²) < 4.78 is 18.5. The SMILES string of the molecule is O=C(NCCN1CCOCC1)c1cccc(C(=O)Nc2cccc(F)c2)n1. The summed E-state index contributed by atoms with van der Waals surface area (Å²) in [7, 11) is 0. The number of amides is 2. The van der Waals surface area contributed by atoms with Crippen molar-refractivity contribution in [3.05, 3.63) is 59.7 Å². The van der Waals surface area contributed by atoms with Gasteiger partial charge in [-0.05, 0) is 30.3 Å². The first-order valence-electron chi connectivity index (χ1n) is 8.74. The van der Waals surface area contributed by atoms with Crippen LogP contribution in [0.2, 0.25) is 0 Å². The molecule has 0 bridgehead atoms. The molecule has 1 aliphatic rings. The van der Waals surface area contributed by atoms with E-state index in [1.54, 1.807) is 18.2 Å². The van der Waals surface area contributed by atoms with Gasteiger partial charge in [0.2, 0.25) is 0 Å². The molecule has 2 amide bonds. The zero-order chi connectivity index (χ0) is 19.1. The zero-order valence-electron chi connectivity index (χ0n) is 14.8. The van der Waals surface area contributed by atoms with Gasteiger partial charge >= 0.3 is 0 Å². The molecule has 1 aromatic carbocycles. The molecule has 3 rings (SSSR count). The second-order valence-electron chi connectivity index (χ2n) is 6.08. The maximum Gasteiger partial charge on any atom is 0.274 e. The van der Waals surface area contributed by atoms with Gasteiger partial charge < -0.3 is 15.4 Å². The number of ether oxygens (including phenoxy) is 1. The fourth-order valence-electron chi connectivity index (χ4n) is 2.69. The molecule has 0 aliphatic carbocycles. The number of benzene rings is 1. The van der Waals surface area contributed by atoms with Gasteiger partial charge in [0.15, 0.2) is 0 Å². The molecule has 2 N–H and O–H groups in total. The maximum absolute atomic E-state index is 13.2. The minimum atomic E-state index is -0.511. The normalized spacial score (nSPS) is 14.6. The van der Waals surface area contributed by atoms with Crippen molar-refractivity contribution < 1.29 is 18.7 Å². The van der Waals surface area contributed by atoms with Crippen molar-refractivity contribution in [1.82, 2.24) is 15.2 Å². The number of hydrogen-bond acceptors (Lipinski definition) is 5. The number of rotatable bonds is 6. The van der Waals surface area contributed by atoms with Crippen molar-refractivity contribution in [1.29, 1.82) is 0 Å². The number of hydrogen-bond donors (Lipinski definition) is 2. The summed E-state index contributed by atoms with van der Waals surface area (Å²) in [5, 5.41) is 5.36. The molecule has 8 heteroatoms. The Morgan fingerprint density at radius 3 is 2.52 bits per heavy atom. The fourth-order valence-corrected chi connectivity index (χ4v) is 2.69. The van der Waals surface area contributed by atoms with Crippen molar-refractivity contribution >= 4 is 17.5 Å². The lowest BCUT2D eigenvalue weighted by molar-refractivity contribution is 0.0383. The highest BCUT2D eigenvalue weighted by molar-refractivity contribution is 6.03. The van der Waals surface area contributed by atoms with E-state index in [1.807, 2.05) is 0 Å². The highest BCUT2D eigenvalue weighted by Gasteiger charge is 2.14. The van der Waals surface area contributed by atoms with Crippen LogP contribution in [-0.4, -0.2) is 61.1 Å². The van der Waals surface area contributed by atoms with Gasteiger partial charge in [-0.3, -0.25) is 14.5 Å². The molecular weight excluding hydrogens is 351 g/mol. The molecule has 27 heavy (non-hydrogen) atoms. The Kier molecular flexibility index (Phi) is 6.45. The number of pyridine rings is 1. The van der Waals surface area contributed by atoms with Crippen molar-refractivity contribution in [3.8, 4) is 0 Å². The van der Waals surface area contributed by atoms with E-state index >= 15 is 0 Å². The molecule has 0 saturated carbocycles. The van der Waals surface area contributed by atoms with E-state index in [9.17, 15) is 14.0 Å². The number of anilines is 1. The number of nitrogens with one attached hydrogen (secondary N) is 2. The number of morpholine rings is 1. The number of nitrogens with zero attached hydrogens (tertiary/aromatic N) is 2. The quantitative estimate of drug-likeness (QED) is 0.804. The number of carbonyl (C=O) groups is 2. The summed E-state index contributed by atoms with van der Waals surface area (Å²) in [5.74, 6) is -1.30. The summed E-state index contributed by atoms with van der Waals surface area (Å²) >= 11 is 0. The van der Waals surface area contributed by atoms with Gasteiger partial charge in [0.1, 0.15) is 17.2 Å². The Morgan fingerprint density at radius 2 is 1.78 bits per heavy atom. The van der Waals surface area contributed by atoms with E-state index < -0.39 is 11.7 Å². The largest absolute Gasteiger partial charge is 0.379 e. The summed E-state index contributed by atoms with van der Waals surface area (Å²) in [6, 6.07) is 10.2. The molecule has 0 unspecified atom stereocenters. The van der Waals surface area contributed by atoms with E-state index in [1.165, 1.54) is 24.3 Å². The van der Waals surface area contributed by atoms with Crippen molar-refractivity contribution in [3.63, 3.8) is 0 Å². The van der Waals surface area contributed by atoms with Gasteiger partial charge in [0, 0.05) is 31.9 Å². The van der Waals surface area contributed by atoms with Gasteiger partial charge in [-0.2, -0.15) is 0 Å². The Balaban J connectivity index is 1.55. The van der Waals surface area contributed by atoms with Crippen molar-refractivity contribution in [2.45, 2.75) is 0 Å². The summed E-state index contributed by atoms with van der Waals surface area (Å²) in [6.45, 7) is 4.33. The molecule has 0 spiro atoms. The molecule has 1 aromatic heterocycles. The Labute approximate surface area is 156 Å². The lowest BCUT2D eigenvalue weighted by atomic mass is 10.2. The van der Waals surface area contributed by atoms with E-state index in [-0.39, 0.29) is 17.3 Å². The van der Waals surface area contributed by atoms with Crippen LogP contribution in [0.25, 0.3) is 0 Å². The molecule has 142 valence electrons. The van der Waals surface area contributed by atoms with Crippen LogP contribution in [0.15, 0.2) is 42.5 Å². The monoisotopic (exact) mass is 372 g/mol. The van der Waals surface area contributed by atoms with Gasteiger partial charge in [-0.15, -0.1) is 0 Å². The van der Waals surface area contributed by atoms with E-state index in [2.05, 4.69) is 20.5 Å². The molecule has 1 fully saturated rings. The average molecular weight is 372 g/mol. The first kappa shape index (κ1) is 18.9. The topological polar surface area (TPSA) is 83.6 Å². The van der Waals surface area contributed by atoms with Crippen LogP contribution in [0.5, 0.6) is 0 Å². The molecule has 1 aliphatic heterocycles. The number of halogens is 1. The van der Waals surface area contributed by atoms with E-state index in [0.29, 0.717) is 25.4 Å². The second kappa shape index (κ2) is 9.20. The molecule has 1 saturated heterocycles. The Hall–Kier alpha value is -2.84. The third-order valence-corrected chi connectivity index (χ3v) is 4.11. The molecule has 0 radical (unpaired) electrons. The molecule has 2 heterocycles. The van der Waals surface area contributed by atoms with Crippen LogP contribution in [0.1, 0.15) is 21.0 Å². The Bertz CT molecular complexity index is 809. The molecule has 7 nitrogen and oxygen atoms in total. The standard InChI is InChI=1S/C19H21FN4O3/c20-14-3-1-4-15(13-14)22-19(26)17-6-2-5-16(23-17)18(25)21-7-8-24-9-11-27-12-10-24/h1-6,13H,7-12H2,(H,21,25)(H,22,26). The van der Waals surface area contributed by atoms with Crippen molar-refractivity contribution in [2.75, 3.05) is 44.7 Å². The summed E-state index contributed by atoms with van der Waals surface area (Å²) in [6.07, 6.45) is 0. The lowest BCUT2D eigenvalue weighted by Gasteiger charge is -2.26. The van der Waals surface area contributed by atoms with E-state index in [0.717, 1.165) is 19.6 Å². The maximum atomic E-state index is 13.2. The van der Waals surface area contributed by atoms with Gasteiger partial charge in [-0.1, -0.05) is 12.1 Å². The van der Waals surface area contributed by atoms with Crippen LogP contribution < -0.4 is 10.6 Å². The minimum absolute atomic E-state index is 0.0834. The van der Waals surface area contributed by atoms with Crippen LogP contribution in [-0.2, 0) is 4.74 Å². The van der Waals surface area contributed by atoms with E-state index in [4.69, 9.17) is 4.74 Å². The second-order valence-corrected chi connectivity index (χ2v) is 6.08. The third-order valence-electron chi connectivity index (χ3n) is 4.11. The summed E-state index contributed by atoms with van der Waals surface area (Å²) in [4.78, 5) is 30.9. The van der Waals surface area contributed by atoms with Crippen LogP contribution >= 0.6 is 0 Å². The predicted molar refractivity (Wildman–Crippen MR) is 98.2 cm³/mol. The zero-order valence-corrected chi connectivity index (χ0v) is 14.8. The molecule has 0 atom stereocenters. The number of aromatic nitrogens is 1. The van der Waals surface area contributed by atoms with Crippen LogP contribution in [0.4, 0.5) is 10.1 Å². The third kappa shape index (κ3) is 5.57.